The van der Waals surface area contributed by atoms with Crippen molar-refractivity contribution in [3.8, 4) is 0 Å². The molecule has 106 valence electrons. The van der Waals surface area contributed by atoms with Gasteiger partial charge in [-0.15, -0.1) is 5.10 Å². The maximum Gasteiger partial charge on any atom is 0.350 e. The maximum atomic E-state index is 13.4. The number of carbonyl (C=O) groups excluding carboxylic acids is 1. The molecule has 0 bridgehead atoms. The maximum absolute atomic E-state index is 13.4. The van der Waals surface area contributed by atoms with Gasteiger partial charge in [0.1, 0.15) is 12.4 Å². The first-order valence-electron chi connectivity index (χ1n) is 6.09. The van der Waals surface area contributed by atoms with Crippen LogP contribution in [0.5, 0.6) is 0 Å². The lowest BCUT2D eigenvalue weighted by atomic mass is 10.3. The second-order valence-corrected chi connectivity index (χ2v) is 4.27. The molecule has 2 aromatic heterocycles. The highest BCUT2D eigenvalue weighted by Crippen LogP contribution is 2.12. The van der Waals surface area contributed by atoms with Gasteiger partial charge in [0.2, 0.25) is 5.91 Å². The fourth-order valence-electron chi connectivity index (χ4n) is 1.87. The number of aromatic nitrogens is 4. The van der Waals surface area contributed by atoms with Crippen LogP contribution >= 0.6 is 0 Å². The molecular formula is C13H10FN5O2. The molecule has 0 aliphatic heterocycles. The van der Waals surface area contributed by atoms with Crippen LogP contribution in [0, 0.1) is 5.82 Å². The lowest BCUT2D eigenvalue weighted by Crippen LogP contribution is -2.28. The first kappa shape index (κ1) is 13.0. The van der Waals surface area contributed by atoms with Gasteiger partial charge in [-0.25, -0.2) is 18.3 Å². The van der Waals surface area contributed by atoms with Gasteiger partial charge in [-0.2, -0.15) is 0 Å². The van der Waals surface area contributed by atoms with E-state index in [1.807, 2.05) is 0 Å². The smallest absolute Gasteiger partial charge is 0.322 e. The zero-order chi connectivity index (χ0) is 14.8. The molecule has 0 saturated carbocycles. The summed E-state index contributed by atoms with van der Waals surface area (Å²) in [7, 11) is 0. The molecule has 0 aliphatic rings. The molecule has 3 aromatic rings. The third-order valence-electron chi connectivity index (χ3n) is 2.83. The van der Waals surface area contributed by atoms with E-state index >= 15 is 0 Å². The van der Waals surface area contributed by atoms with Gasteiger partial charge in [0, 0.05) is 12.4 Å². The van der Waals surface area contributed by atoms with Crippen LogP contribution in [0.3, 0.4) is 0 Å². The Morgan fingerprint density at radius 3 is 2.90 bits per heavy atom. The first-order chi connectivity index (χ1) is 10.1. The van der Waals surface area contributed by atoms with Crippen LogP contribution in [0.15, 0.2) is 47.7 Å². The molecule has 0 fully saturated rings. The Labute approximate surface area is 117 Å². The Kier molecular flexibility index (Phi) is 3.19. The highest BCUT2D eigenvalue weighted by Gasteiger charge is 2.12. The molecule has 1 amide bonds. The molecule has 7 nitrogen and oxygen atoms in total. The topological polar surface area (TPSA) is 81.3 Å². The van der Waals surface area contributed by atoms with Gasteiger partial charge in [0.25, 0.3) is 0 Å². The SMILES string of the molecule is O=C(Cn1nc2cnccn2c1=O)Nc1ccccc1F. The molecule has 0 atom stereocenters. The molecule has 0 spiro atoms. The third kappa shape index (κ3) is 2.50. The van der Waals surface area contributed by atoms with Gasteiger partial charge in [0.05, 0.1) is 11.9 Å². The van der Waals surface area contributed by atoms with E-state index < -0.39 is 17.4 Å². The molecule has 0 aliphatic carbocycles. The third-order valence-corrected chi connectivity index (χ3v) is 2.83. The van der Waals surface area contributed by atoms with Crippen molar-refractivity contribution in [2.75, 3.05) is 5.32 Å². The van der Waals surface area contributed by atoms with Crippen LogP contribution < -0.4 is 11.0 Å². The van der Waals surface area contributed by atoms with Crippen molar-refractivity contribution in [3.05, 3.63) is 59.2 Å². The van der Waals surface area contributed by atoms with Gasteiger partial charge in [0.15, 0.2) is 5.65 Å². The van der Waals surface area contributed by atoms with Crippen molar-refractivity contribution in [1.29, 1.82) is 0 Å². The summed E-state index contributed by atoms with van der Waals surface area (Å²) in [5.74, 6) is -1.09. The van der Waals surface area contributed by atoms with E-state index in [4.69, 9.17) is 0 Å². The first-order valence-corrected chi connectivity index (χ1v) is 6.09. The number of hydrogen-bond acceptors (Lipinski definition) is 4. The Hall–Kier alpha value is -3.03. The predicted octanol–water partition coefficient (Wildman–Crippen LogP) is 0.669. The second kappa shape index (κ2) is 5.16. The number of anilines is 1. The number of hydrogen-bond donors (Lipinski definition) is 1. The lowest BCUT2D eigenvalue weighted by Gasteiger charge is -2.05. The minimum Gasteiger partial charge on any atom is -0.322 e. The zero-order valence-corrected chi connectivity index (χ0v) is 10.7. The number of halogens is 1. The molecule has 21 heavy (non-hydrogen) atoms. The van der Waals surface area contributed by atoms with Crippen LogP contribution in [0.25, 0.3) is 5.65 Å². The van der Waals surface area contributed by atoms with Crippen LogP contribution in [-0.2, 0) is 11.3 Å². The van der Waals surface area contributed by atoms with Gasteiger partial charge < -0.3 is 5.32 Å². The van der Waals surface area contributed by atoms with Crippen molar-refractivity contribution in [3.63, 3.8) is 0 Å². The predicted molar refractivity (Wildman–Crippen MR) is 72.3 cm³/mol. The monoisotopic (exact) mass is 287 g/mol. The van der Waals surface area contributed by atoms with Gasteiger partial charge in [-0.1, -0.05) is 12.1 Å². The van der Waals surface area contributed by atoms with E-state index in [0.717, 1.165) is 4.68 Å². The van der Waals surface area contributed by atoms with E-state index in [2.05, 4.69) is 15.4 Å². The van der Waals surface area contributed by atoms with E-state index in [-0.39, 0.29) is 12.2 Å². The summed E-state index contributed by atoms with van der Waals surface area (Å²) in [5.41, 5.74) is -0.0711. The normalized spacial score (nSPS) is 10.7. The summed E-state index contributed by atoms with van der Waals surface area (Å²) in [6.07, 6.45) is 4.31. The fraction of sp³-hybridized carbons (Fsp3) is 0.0769. The lowest BCUT2D eigenvalue weighted by molar-refractivity contribution is -0.117. The van der Waals surface area contributed by atoms with Crippen molar-refractivity contribution in [2.45, 2.75) is 6.54 Å². The molecule has 0 unspecified atom stereocenters. The minimum atomic E-state index is -0.544. The molecular weight excluding hydrogens is 277 g/mol. The summed E-state index contributed by atoms with van der Waals surface area (Å²) in [5, 5.41) is 6.36. The molecule has 0 saturated heterocycles. The second-order valence-electron chi connectivity index (χ2n) is 4.27. The molecule has 0 radical (unpaired) electrons. The number of para-hydroxylation sites is 1. The minimum absolute atomic E-state index is 0.0565. The van der Waals surface area contributed by atoms with Gasteiger partial charge in [-0.3, -0.25) is 9.78 Å². The average Bonchev–Trinajstić information content (AvgIpc) is 2.78. The quantitative estimate of drug-likeness (QED) is 0.767. The van der Waals surface area contributed by atoms with Crippen LogP contribution in [0.1, 0.15) is 0 Å². The molecule has 3 rings (SSSR count). The number of rotatable bonds is 3. The van der Waals surface area contributed by atoms with Gasteiger partial charge >= 0.3 is 5.69 Å². The Morgan fingerprint density at radius 2 is 2.14 bits per heavy atom. The summed E-state index contributed by atoms with van der Waals surface area (Å²) >= 11 is 0. The van der Waals surface area contributed by atoms with Crippen LogP contribution in [-0.4, -0.2) is 25.1 Å². The fourth-order valence-corrected chi connectivity index (χ4v) is 1.87. The van der Waals surface area contributed by atoms with E-state index in [0.29, 0.717) is 5.65 Å². The highest BCUT2D eigenvalue weighted by atomic mass is 19.1. The number of amides is 1. The summed E-state index contributed by atoms with van der Waals surface area (Å²) in [6, 6.07) is 5.79. The summed E-state index contributed by atoms with van der Waals surface area (Å²) in [4.78, 5) is 27.7. The highest BCUT2D eigenvalue weighted by molar-refractivity contribution is 5.90. The zero-order valence-electron chi connectivity index (χ0n) is 10.7. The largest absolute Gasteiger partial charge is 0.350 e. The van der Waals surface area contributed by atoms with E-state index in [1.165, 1.54) is 41.2 Å². The number of benzene rings is 1. The molecule has 2 heterocycles. The number of nitrogens with one attached hydrogen (secondary N) is 1. The van der Waals surface area contributed by atoms with Gasteiger partial charge in [-0.05, 0) is 12.1 Å². The standard InChI is InChI=1S/C13H10FN5O2/c14-9-3-1-2-4-10(9)16-12(20)8-19-13(21)18-6-5-15-7-11(18)17-19/h1-7H,8H2,(H,16,20). The number of fused-ring (bicyclic) bond motifs is 1. The van der Waals surface area contributed by atoms with E-state index in [1.54, 1.807) is 6.07 Å². The van der Waals surface area contributed by atoms with Crippen molar-refractivity contribution in [1.82, 2.24) is 19.2 Å². The molecule has 8 heteroatoms. The Balaban J connectivity index is 1.82. The molecule has 1 aromatic carbocycles. The van der Waals surface area contributed by atoms with Crippen molar-refractivity contribution in [2.24, 2.45) is 0 Å². The van der Waals surface area contributed by atoms with Crippen LogP contribution in [0.4, 0.5) is 10.1 Å². The summed E-state index contributed by atoms with van der Waals surface area (Å²) in [6.45, 7) is -0.311. The van der Waals surface area contributed by atoms with Crippen molar-refractivity contribution < 1.29 is 9.18 Å². The number of nitrogens with zero attached hydrogens (tertiary/aromatic N) is 4. The summed E-state index contributed by atoms with van der Waals surface area (Å²) < 4.78 is 15.7. The molecule has 1 N–H and O–H groups in total. The van der Waals surface area contributed by atoms with E-state index in [9.17, 15) is 14.0 Å². The average molecular weight is 287 g/mol. The number of carbonyl (C=O) groups is 1. The van der Waals surface area contributed by atoms with Crippen molar-refractivity contribution >= 4 is 17.2 Å². The Morgan fingerprint density at radius 1 is 1.33 bits per heavy atom. The Bertz CT molecular complexity index is 870. The van der Waals surface area contributed by atoms with Crippen LogP contribution in [0.2, 0.25) is 0 Å².